The number of nitrogens with zero attached hydrogens (tertiary/aromatic N) is 4. The summed E-state index contributed by atoms with van der Waals surface area (Å²) in [7, 11) is 3.90. The van der Waals surface area contributed by atoms with Gasteiger partial charge in [-0.15, -0.1) is 0 Å². The highest BCUT2D eigenvalue weighted by atomic mass is 19.1. The molecule has 0 fully saturated rings. The number of amides is 1. The maximum Gasteiger partial charge on any atom is 0.342 e. The summed E-state index contributed by atoms with van der Waals surface area (Å²) >= 11 is 0. The lowest BCUT2D eigenvalue weighted by Crippen LogP contribution is -2.34. The summed E-state index contributed by atoms with van der Waals surface area (Å²) in [5, 5.41) is 7.94. The first-order valence-electron chi connectivity index (χ1n) is 10.4. The van der Waals surface area contributed by atoms with Crippen molar-refractivity contribution >= 4 is 34.4 Å². The summed E-state index contributed by atoms with van der Waals surface area (Å²) < 4.78 is 15.2. The summed E-state index contributed by atoms with van der Waals surface area (Å²) in [4.78, 5) is 19.1. The predicted octanol–water partition coefficient (Wildman–Crippen LogP) is 4.75. The third kappa shape index (κ3) is 5.00. The molecule has 0 unspecified atom stereocenters. The van der Waals surface area contributed by atoms with E-state index in [1.165, 1.54) is 10.7 Å². The Labute approximate surface area is 187 Å². The van der Waals surface area contributed by atoms with Crippen molar-refractivity contribution < 1.29 is 9.18 Å². The number of aliphatic imine (C=N–C) groups is 1. The summed E-state index contributed by atoms with van der Waals surface area (Å²) in [6, 6.07) is 10.4. The van der Waals surface area contributed by atoms with Crippen LogP contribution in [0.1, 0.15) is 23.6 Å². The Morgan fingerprint density at radius 3 is 2.66 bits per heavy atom. The van der Waals surface area contributed by atoms with Crippen molar-refractivity contribution in [2.75, 3.05) is 27.2 Å². The number of nitrogens with one attached hydrogen (secondary N) is 1. The molecule has 0 atom stereocenters. The second kappa shape index (κ2) is 10.2. The van der Waals surface area contributed by atoms with Gasteiger partial charge in [-0.25, -0.2) is 9.18 Å². The minimum absolute atomic E-state index is 0.258. The fourth-order valence-corrected chi connectivity index (χ4v) is 3.40. The zero-order valence-corrected chi connectivity index (χ0v) is 18.9. The second-order valence-corrected chi connectivity index (χ2v) is 7.68. The number of carbonyl (C=O) groups excluding carboxylic acids is 1. The van der Waals surface area contributed by atoms with Crippen LogP contribution in [0.25, 0.3) is 22.2 Å². The number of rotatable bonds is 7. The van der Waals surface area contributed by atoms with E-state index in [4.69, 9.17) is 0 Å². The van der Waals surface area contributed by atoms with E-state index in [1.54, 1.807) is 37.5 Å². The molecule has 1 aromatic heterocycles. The van der Waals surface area contributed by atoms with E-state index in [2.05, 4.69) is 22.0 Å². The molecule has 0 aliphatic heterocycles. The number of aryl methyl sites for hydroxylation is 1. The molecule has 6 nitrogen and oxygen atoms in total. The standard InChI is InChI=1S/C25H28FN5O/c1-6-21(24(27-7-2)19-8-10-22(26)17(3)14-19)18-9-11-23-20(15-18)16-29-31(23)25(32)28-12-13-30(4)5/h6-11,14-16H,1,12-13H2,2-5H3,(H,28,32)/b24-21+,27-7?. The minimum atomic E-state index is -0.271. The van der Waals surface area contributed by atoms with Gasteiger partial charge in [0, 0.05) is 35.8 Å². The van der Waals surface area contributed by atoms with E-state index in [-0.39, 0.29) is 11.8 Å². The molecule has 0 saturated heterocycles. The van der Waals surface area contributed by atoms with Gasteiger partial charge in [0.1, 0.15) is 5.82 Å². The van der Waals surface area contributed by atoms with Crippen LogP contribution in [0.4, 0.5) is 9.18 Å². The molecule has 1 N–H and O–H groups in total. The van der Waals surface area contributed by atoms with Gasteiger partial charge >= 0.3 is 6.03 Å². The molecule has 7 heteroatoms. The average molecular weight is 434 g/mol. The first kappa shape index (κ1) is 23.1. The van der Waals surface area contributed by atoms with Crippen LogP contribution in [0.3, 0.4) is 0 Å². The van der Waals surface area contributed by atoms with Gasteiger partial charge in [0.05, 0.1) is 17.4 Å². The predicted molar refractivity (Wildman–Crippen MR) is 129 cm³/mol. The van der Waals surface area contributed by atoms with Gasteiger partial charge in [-0.2, -0.15) is 9.78 Å². The van der Waals surface area contributed by atoms with E-state index >= 15 is 0 Å². The van der Waals surface area contributed by atoms with Crippen molar-refractivity contribution in [3.8, 4) is 0 Å². The minimum Gasteiger partial charge on any atom is -0.335 e. The Kier molecular flexibility index (Phi) is 7.33. The van der Waals surface area contributed by atoms with Crippen molar-refractivity contribution in [1.82, 2.24) is 20.0 Å². The van der Waals surface area contributed by atoms with Crippen LogP contribution >= 0.6 is 0 Å². The number of allylic oxidation sites excluding steroid dienone is 2. The smallest absolute Gasteiger partial charge is 0.335 e. The molecule has 0 aliphatic carbocycles. The zero-order chi connectivity index (χ0) is 23.3. The van der Waals surface area contributed by atoms with Gasteiger partial charge in [0.2, 0.25) is 0 Å². The van der Waals surface area contributed by atoms with Crippen LogP contribution in [0.2, 0.25) is 0 Å². The Morgan fingerprint density at radius 1 is 1.25 bits per heavy atom. The lowest BCUT2D eigenvalue weighted by molar-refractivity contribution is 0.239. The fourth-order valence-electron chi connectivity index (χ4n) is 3.40. The molecule has 0 saturated carbocycles. The monoisotopic (exact) mass is 433 g/mol. The average Bonchev–Trinajstić information content (AvgIpc) is 3.19. The molecule has 0 spiro atoms. The zero-order valence-electron chi connectivity index (χ0n) is 18.9. The highest BCUT2D eigenvalue weighted by Gasteiger charge is 2.14. The van der Waals surface area contributed by atoms with Crippen LogP contribution in [-0.2, 0) is 0 Å². The Morgan fingerprint density at radius 2 is 2.00 bits per heavy atom. The first-order chi connectivity index (χ1) is 15.3. The van der Waals surface area contributed by atoms with Crippen LogP contribution in [0, 0.1) is 12.7 Å². The highest BCUT2D eigenvalue weighted by molar-refractivity contribution is 5.99. The van der Waals surface area contributed by atoms with Crippen molar-refractivity contribution in [1.29, 1.82) is 0 Å². The normalized spacial score (nSPS) is 12.4. The molecule has 0 aliphatic rings. The van der Waals surface area contributed by atoms with Crippen LogP contribution in [0.5, 0.6) is 0 Å². The molecule has 1 amide bonds. The molecule has 2 aromatic carbocycles. The van der Waals surface area contributed by atoms with E-state index in [0.717, 1.165) is 28.6 Å². The van der Waals surface area contributed by atoms with E-state index in [9.17, 15) is 9.18 Å². The number of hydrogen-bond acceptors (Lipinski definition) is 4. The molecule has 3 rings (SSSR count). The van der Waals surface area contributed by atoms with Crippen LogP contribution in [0.15, 0.2) is 60.2 Å². The number of fused-ring (bicyclic) bond motifs is 1. The van der Waals surface area contributed by atoms with Gasteiger partial charge in [0.25, 0.3) is 0 Å². The molecule has 0 bridgehead atoms. The van der Waals surface area contributed by atoms with Crippen LogP contribution in [-0.4, -0.2) is 54.1 Å². The SMILES string of the molecule is C=C/C(=C(\N=CC)c1ccc(F)c(C)c1)c1ccc2c(cnn2C(=O)NCCN(C)C)c1. The molecular formula is C25H28FN5O. The molecule has 3 aromatic rings. The molecule has 0 radical (unpaired) electrons. The third-order valence-electron chi connectivity index (χ3n) is 5.06. The van der Waals surface area contributed by atoms with E-state index < -0.39 is 0 Å². The van der Waals surface area contributed by atoms with Crippen molar-refractivity contribution in [2.45, 2.75) is 13.8 Å². The maximum absolute atomic E-state index is 13.8. The lowest BCUT2D eigenvalue weighted by Gasteiger charge is -2.12. The van der Waals surface area contributed by atoms with Gasteiger partial charge in [-0.3, -0.25) is 4.99 Å². The Balaban J connectivity index is 2.01. The summed E-state index contributed by atoms with van der Waals surface area (Å²) in [6.45, 7) is 8.81. The number of hydrogen-bond donors (Lipinski definition) is 1. The van der Waals surface area contributed by atoms with Gasteiger partial charge in [-0.05, 0) is 69.4 Å². The summed E-state index contributed by atoms with van der Waals surface area (Å²) in [5.74, 6) is -0.258. The first-order valence-corrected chi connectivity index (χ1v) is 10.4. The van der Waals surface area contributed by atoms with Gasteiger partial charge in [0.15, 0.2) is 0 Å². The number of halogens is 1. The van der Waals surface area contributed by atoms with E-state index in [1.807, 2.05) is 44.1 Å². The number of benzene rings is 2. The largest absolute Gasteiger partial charge is 0.342 e. The molecule has 32 heavy (non-hydrogen) atoms. The van der Waals surface area contributed by atoms with E-state index in [0.29, 0.717) is 23.3 Å². The number of carbonyl (C=O) groups is 1. The van der Waals surface area contributed by atoms with Crippen molar-refractivity contribution in [3.05, 3.63) is 77.8 Å². The number of aromatic nitrogens is 2. The Bertz CT molecular complexity index is 1210. The van der Waals surface area contributed by atoms with Crippen molar-refractivity contribution in [2.24, 2.45) is 4.99 Å². The quantitative estimate of drug-likeness (QED) is 0.332. The van der Waals surface area contributed by atoms with Gasteiger partial charge < -0.3 is 10.2 Å². The molecule has 1 heterocycles. The topological polar surface area (TPSA) is 62.5 Å². The maximum atomic E-state index is 13.8. The summed E-state index contributed by atoms with van der Waals surface area (Å²) in [5.41, 5.74) is 4.43. The lowest BCUT2D eigenvalue weighted by atomic mass is 9.97. The van der Waals surface area contributed by atoms with Crippen LogP contribution < -0.4 is 5.32 Å². The second-order valence-electron chi connectivity index (χ2n) is 7.68. The Hall–Kier alpha value is -3.58. The summed E-state index contributed by atoms with van der Waals surface area (Å²) in [6.07, 6.45) is 5.10. The van der Waals surface area contributed by atoms with Crippen molar-refractivity contribution in [3.63, 3.8) is 0 Å². The number of likely N-dealkylation sites (N-methyl/N-ethyl adjacent to an activating group) is 1. The van der Waals surface area contributed by atoms with Gasteiger partial charge in [-0.1, -0.05) is 18.7 Å². The molecular weight excluding hydrogens is 405 g/mol. The highest BCUT2D eigenvalue weighted by Crippen LogP contribution is 2.31. The fraction of sp³-hybridized carbons (Fsp3) is 0.240. The molecule has 166 valence electrons. The third-order valence-corrected chi connectivity index (χ3v) is 5.06.